The third-order valence-electron chi connectivity index (χ3n) is 4.51. The standard InChI is InChI=1S/C21H17ClN2O4/c1-12-6-17-15(10-26-18(17)7-13(12)2)9-20(25)27-11-19-23-21(24-28-19)14-4-3-5-16(22)8-14/h3-8,10H,9,11H2,1-2H3. The van der Waals surface area contributed by atoms with E-state index in [4.69, 9.17) is 25.3 Å². The molecule has 0 N–H and O–H groups in total. The SMILES string of the molecule is Cc1cc2occ(CC(=O)OCc3nc(-c4cccc(Cl)c4)no3)c2cc1C. The van der Waals surface area contributed by atoms with Crippen molar-refractivity contribution in [1.29, 1.82) is 0 Å². The molecule has 28 heavy (non-hydrogen) atoms. The van der Waals surface area contributed by atoms with E-state index in [1.165, 1.54) is 0 Å². The number of rotatable bonds is 5. The first kappa shape index (κ1) is 18.3. The van der Waals surface area contributed by atoms with E-state index in [9.17, 15) is 4.79 Å². The summed E-state index contributed by atoms with van der Waals surface area (Å²) >= 11 is 5.97. The van der Waals surface area contributed by atoms with Gasteiger partial charge in [-0.2, -0.15) is 4.98 Å². The highest BCUT2D eigenvalue weighted by molar-refractivity contribution is 6.30. The summed E-state index contributed by atoms with van der Waals surface area (Å²) in [5.74, 6) is 0.204. The first-order valence-corrected chi connectivity index (χ1v) is 9.09. The van der Waals surface area contributed by atoms with Gasteiger partial charge in [0.15, 0.2) is 6.61 Å². The molecule has 0 aliphatic heterocycles. The number of fused-ring (bicyclic) bond motifs is 1. The van der Waals surface area contributed by atoms with Crippen LogP contribution in [0, 0.1) is 13.8 Å². The molecule has 7 heteroatoms. The van der Waals surface area contributed by atoms with Crippen molar-refractivity contribution in [2.75, 3.05) is 0 Å². The Labute approximate surface area is 166 Å². The molecule has 4 rings (SSSR count). The Morgan fingerprint density at radius 3 is 2.82 bits per heavy atom. The van der Waals surface area contributed by atoms with Gasteiger partial charge in [0.25, 0.3) is 5.89 Å². The zero-order chi connectivity index (χ0) is 19.7. The van der Waals surface area contributed by atoms with E-state index in [1.54, 1.807) is 24.5 Å². The number of furan rings is 1. The maximum absolute atomic E-state index is 12.2. The molecule has 0 unspecified atom stereocenters. The molecule has 4 aromatic rings. The molecule has 6 nitrogen and oxygen atoms in total. The van der Waals surface area contributed by atoms with Crippen LogP contribution >= 0.6 is 11.6 Å². The number of ether oxygens (including phenoxy) is 1. The zero-order valence-corrected chi connectivity index (χ0v) is 16.1. The molecule has 0 radical (unpaired) electrons. The normalized spacial score (nSPS) is 11.1. The molecule has 0 aliphatic rings. The highest BCUT2D eigenvalue weighted by Gasteiger charge is 2.15. The smallest absolute Gasteiger partial charge is 0.310 e. The van der Waals surface area contributed by atoms with E-state index in [2.05, 4.69) is 10.1 Å². The molecule has 0 aliphatic carbocycles. The number of benzene rings is 2. The Hall–Kier alpha value is -3.12. The minimum absolute atomic E-state index is 0.0969. The summed E-state index contributed by atoms with van der Waals surface area (Å²) in [4.78, 5) is 16.5. The van der Waals surface area contributed by atoms with E-state index in [0.29, 0.717) is 10.8 Å². The summed E-state index contributed by atoms with van der Waals surface area (Å²) in [5, 5.41) is 5.38. The second-order valence-corrected chi connectivity index (χ2v) is 6.99. The molecule has 0 bridgehead atoms. The number of carbonyl (C=O) groups excluding carboxylic acids is 1. The molecule has 0 amide bonds. The maximum atomic E-state index is 12.2. The maximum Gasteiger partial charge on any atom is 0.310 e. The fourth-order valence-electron chi connectivity index (χ4n) is 2.88. The monoisotopic (exact) mass is 396 g/mol. The van der Waals surface area contributed by atoms with Crippen LogP contribution in [0.25, 0.3) is 22.4 Å². The molecule has 142 valence electrons. The lowest BCUT2D eigenvalue weighted by molar-refractivity contribution is -0.144. The Kier molecular flexibility index (Phi) is 4.88. The minimum Gasteiger partial charge on any atom is -0.464 e. The number of hydrogen-bond acceptors (Lipinski definition) is 6. The molecule has 2 aromatic carbocycles. The van der Waals surface area contributed by atoms with Crippen molar-refractivity contribution in [3.8, 4) is 11.4 Å². The zero-order valence-electron chi connectivity index (χ0n) is 15.4. The Balaban J connectivity index is 1.41. The lowest BCUT2D eigenvalue weighted by atomic mass is 10.0. The van der Waals surface area contributed by atoms with E-state index in [1.807, 2.05) is 32.0 Å². The number of halogens is 1. The van der Waals surface area contributed by atoms with Crippen LogP contribution in [0.5, 0.6) is 0 Å². The molecule has 0 saturated heterocycles. The second-order valence-electron chi connectivity index (χ2n) is 6.55. The highest BCUT2D eigenvalue weighted by atomic mass is 35.5. The fraction of sp³-hybridized carbons (Fsp3) is 0.190. The number of carbonyl (C=O) groups is 1. The molecule has 0 atom stereocenters. The first-order chi connectivity index (χ1) is 13.5. The summed E-state index contributed by atoms with van der Waals surface area (Å²) in [7, 11) is 0. The number of nitrogens with zero attached hydrogens (tertiary/aromatic N) is 2. The Morgan fingerprint density at radius 2 is 2.00 bits per heavy atom. The third kappa shape index (κ3) is 3.77. The lowest BCUT2D eigenvalue weighted by Crippen LogP contribution is -2.08. The van der Waals surface area contributed by atoms with Crippen molar-refractivity contribution < 1.29 is 18.5 Å². The fourth-order valence-corrected chi connectivity index (χ4v) is 3.07. The van der Waals surface area contributed by atoms with Gasteiger partial charge in [0.1, 0.15) is 5.58 Å². The lowest BCUT2D eigenvalue weighted by Gasteiger charge is -2.02. The Morgan fingerprint density at radius 1 is 1.18 bits per heavy atom. The molecule has 0 spiro atoms. The highest BCUT2D eigenvalue weighted by Crippen LogP contribution is 2.25. The Bertz CT molecular complexity index is 1160. The van der Waals surface area contributed by atoms with Gasteiger partial charge in [-0.25, -0.2) is 0 Å². The average Bonchev–Trinajstić information content (AvgIpc) is 3.28. The van der Waals surface area contributed by atoms with Crippen LogP contribution in [0.2, 0.25) is 5.02 Å². The van der Waals surface area contributed by atoms with Crippen LogP contribution in [0.4, 0.5) is 0 Å². The quantitative estimate of drug-likeness (QED) is 0.440. The van der Waals surface area contributed by atoms with Crippen LogP contribution in [0.3, 0.4) is 0 Å². The van der Waals surface area contributed by atoms with Crippen LogP contribution in [0.15, 0.2) is 51.6 Å². The van der Waals surface area contributed by atoms with Gasteiger partial charge in [-0.05, 0) is 49.2 Å². The summed E-state index contributed by atoms with van der Waals surface area (Å²) in [6, 6.07) is 11.1. The van der Waals surface area contributed by atoms with Crippen molar-refractivity contribution in [2.45, 2.75) is 26.9 Å². The molecular formula is C21H17ClN2O4. The van der Waals surface area contributed by atoms with E-state index < -0.39 is 5.97 Å². The summed E-state index contributed by atoms with van der Waals surface area (Å²) in [6.45, 7) is 3.95. The third-order valence-corrected chi connectivity index (χ3v) is 4.75. The predicted octanol–water partition coefficient (Wildman–Crippen LogP) is 5.04. The summed E-state index contributed by atoms with van der Waals surface area (Å²) in [5.41, 5.74) is 4.55. The van der Waals surface area contributed by atoms with Gasteiger partial charge in [-0.3, -0.25) is 4.79 Å². The van der Waals surface area contributed by atoms with Gasteiger partial charge in [-0.15, -0.1) is 0 Å². The molecule has 0 fully saturated rings. The molecule has 0 saturated carbocycles. The number of aromatic nitrogens is 2. The molecular weight excluding hydrogens is 380 g/mol. The average molecular weight is 397 g/mol. The predicted molar refractivity (Wildman–Crippen MR) is 104 cm³/mol. The van der Waals surface area contributed by atoms with E-state index in [0.717, 1.165) is 33.2 Å². The molecule has 2 heterocycles. The summed E-state index contributed by atoms with van der Waals surface area (Å²) in [6.07, 6.45) is 1.69. The van der Waals surface area contributed by atoms with Gasteiger partial charge in [0, 0.05) is 21.5 Å². The van der Waals surface area contributed by atoms with Crippen LogP contribution in [-0.4, -0.2) is 16.1 Å². The first-order valence-electron chi connectivity index (χ1n) is 8.71. The number of esters is 1. The number of hydrogen-bond donors (Lipinski definition) is 0. The van der Waals surface area contributed by atoms with Crippen molar-refractivity contribution in [3.63, 3.8) is 0 Å². The minimum atomic E-state index is -0.400. The van der Waals surface area contributed by atoms with Gasteiger partial charge < -0.3 is 13.7 Å². The van der Waals surface area contributed by atoms with E-state index in [-0.39, 0.29) is 18.9 Å². The van der Waals surface area contributed by atoms with E-state index >= 15 is 0 Å². The van der Waals surface area contributed by atoms with Crippen molar-refractivity contribution >= 4 is 28.5 Å². The van der Waals surface area contributed by atoms with Gasteiger partial charge in [0.05, 0.1) is 12.7 Å². The second kappa shape index (κ2) is 7.48. The van der Waals surface area contributed by atoms with Crippen LogP contribution < -0.4 is 0 Å². The van der Waals surface area contributed by atoms with Gasteiger partial charge in [-0.1, -0.05) is 28.9 Å². The van der Waals surface area contributed by atoms with Gasteiger partial charge >= 0.3 is 5.97 Å². The largest absolute Gasteiger partial charge is 0.464 e. The topological polar surface area (TPSA) is 78.4 Å². The van der Waals surface area contributed by atoms with Crippen LogP contribution in [0.1, 0.15) is 22.6 Å². The van der Waals surface area contributed by atoms with Gasteiger partial charge in [0.2, 0.25) is 5.82 Å². The molecule has 2 aromatic heterocycles. The summed E-state index contributed by atoms with van der Waals surface area (Å²) < 4.78 is 16.0. The van der Waals surface area contributed by atoms with Crippen molar-refractivity contribution in [3.05, 3.63) is 70.3 Å². The van der Waals surface area contributed by atoms with Crippen molar-refractivity contribution in [1.82, 2.24) is 10.1 Å². The number of aryl methyl sites for hydroxylation is 2. The van der Waals surface area contributed by atoms with Crippen molar-refractivity contribution in [2.24, 2.45) is 0 Å². The van der Waals surface area contributed by atoms with Crippen LogP contribution in [-0.2, 0) is 22.6 Å².